The van der Waals surface area contributed by atoms with Crippen molar-refractivity contribution in [3.63, 3.8) is 0 Å². The van der Waals surface area contributed by atoms with Gasteiger partial charge in [-0.05, 0) is 45.9 Å². The maximum atomic E-state index is 12.1. The average Bonchev–Trinajstić information content (AvgIpc) is 2.87. The minimum atomic E-state index is -0.119. The summed E-state index contributed by atoms with van der Waals surface area (Å²) >= 11 is 0. The number of nitrogens with zero attached hydrogens (tertiary/aromatic N) is 3. The van der Waals surface area contributed by atoms with Crippen LogP contribution in [0.1, 0.15) is 26.6 Å². The van der Waals surface area contributed by atoms with Crippen molar-refractivity contribution in [2.75, 3.05) is 0 Å². The smallest absolute Gasteiger partial charge is 0.258 e. The number of nitrogens with one attached hydrogen (secondary N) is 1. The van der Waals surface area contributed by atoms with Gasteiger partial charge in [0.25, 0.3) is 5.56 Å². The van der Waals surface area contributed by atoms with Crippen LogP contribution in [0.5, 0.6) is 0 Å². The summed E-state index contributed by atoms with van der Waals surface area (Å²) in [7, 11) is 0. The maximum Gasteiger partial charge on any atom is 0.258 e. The fourth-order valence-electron chi connectivity index (χ4n) is 2.47. The van der Waals surface area contributed by atoms with Gasteiger partial charge < -0.3 is 4.98 Å². The Morgan fingerprint density at radius 1 is 1.19 bits per heavy atom. The number of hydrogen-bond donors (Lipinski definition) is 1. The molecule has 0 aliphatic heterocycles. The van der Waals surface area contributed by atoms with Crippen LogP contribution in [0.3, 0.4) is 0 Å². The lowest BCUT2D eigenvalue weighted by molar-refractivity contribution is 0.360. The minimum Gasteiger partial charge on any atom is -0.310 e. The molecule has 21 heavy (non-hydrogen) atoms. The number of fused-ring (bicyclic) bond motifs is 1. The van der Waals surface area contributed by atoms with Gasteiger partial charge in [-0.3, -0.25) is 9.48 Å². The van der Waals surface area contributed by atoms with Crippen molar-refractivity contribution in [3.05, 3.63) is 46.6 Å². The Bertz CT molecular complexity index is 868. The van der Waals surface area contributed by atoms with Crippen molar-refractivity contribution >= 4 is 10.9 Å². The highest BCUT2D eigenvalue weighted by Crippen LogP contribution is 2.26. The summed E-state index contributed by atoms with van der Waals surface area (Å²) in [5, 5.41) is 4.99. The molecule has 5 nitrogen and oxygen atoms in total. The fraction of sp³-hybridized carbons (Fsp3) is 0.312. The van der Waals surface area contributed by atoms with Crippen molar-refractivity contribution in [2.24, 2.45) is 0 Å². The van der Waals surface area contributed by atoms with E-state index >= 15 is 0 Å². The molecule has 0 fully saturated rings. The van der Waals surface area contributed by atoms with E-state index in [4.69, 9.17) is 0 Å². The van der Waals surface area contributed by atoms with E-state index in [1.807, 2.05) is 28.9 Å². The topological polar surface area (TPSA) is 63.6 Å². The van der Waals surface area contributed by atoms with Gasteiger partial charge in [0.05, 0.1) is 22.1 Å². The second-order valence-electron chi connectivity index (χ2n) is 6.18. The predicted molar refractivity (Wildman–Crippen MR) is 83.3 cm³/mol. The van der Waals surface area contributed by atoms with Crippen LogP contribution in [0.4, 0.5) is 0 Å². The molecule has 0 atom stereocenters. The highest BCUT2D eigenvalue weighted by molar-refractivity contribution is 5.83. The third-order valence-electron chi connectivity index (χ3n) is 3.40. The molecule has 0 unspecified atom stereocenters. The van der Waals surface area contributed by atoms with E-state index in [1.165, 1.54) is 0 Å². The van der Waals surface area contributed by atoms with Crippen LogP contribution in [-0.4, -0.2) is 19.7 Å². The number of aromatic nitrogens is 4. The van der Waals surface area contributed by atoms with E-state index in [9.17, 15) is 4.79 Å². The Morgan fingerprint density at radius 3 is 2.67 bits per heavy atom. The molecule has 0 aliphatic rings. The van der Waals surface area contributed by atoms with Crippen molar-refractivity contribution < 1.29 is 0 Å². The van der Waals surface area contributed by atoms with Crippen LogP contribution in [-0.2, 0) is 5.54 Å². The summed E-state index contributed by atoms with van der Waals surface area (Å²) in [5.41, 5.74) is 2.43. The molecule has 5 heteroatoms. The molecule has 0 radical (unpaired) electrons. The zero-order chi connectivity index (χ0) is 15.2. The Kier molecular flexibility index (Phi) is 2.93. The second-order valence-corrected chi connectivity index (χ2v) is 6.18. The molecule has 0 saturated carbocycles. The van der Waals surface area contributed by atoms with Crippen molar-refractivity contribution in [3.8, 4) is 11.3 Å². The van der Waals surface area contributed by atoms with E-state index in [-0.39, 0.29) is 11.1 Å². The Morgan fingerprint density at radius 2 is 1.95 bits per heavy atom. The van der Waals surface area contributed by atoms with Gasteiger partial charge in [-0.25, -0.2) is 4.98 Å². The molecular formula is C16H18N4O. The molecule has 0 aliphatic carbocycles. The van der Waals surface area contributed by atoms with E-state index in [1.54, 1.807) is 13.1 Å². The van der Waals surface area contributed by atoms with Gasteiger partial charge in [0.15, 0.2) is 0 Å². The second kappa shape index (κ2) is 4.55. The molecule has 1 N–H and O–H groups in total. The zero-order valence-corrected chi connectivity index (χ0v) is 12.6. The van der Waals surface area contributed by atoms with Crippen LogP contribution >= 0.6 is 0 Å². The van der Waals surface area contributed by atoms with Gasteiger partial charge in [0, 0.05) is 11.8 Å². The van der Waals surface area contributed by atoms with Crippen LogP contribution in [0.15, 0.2) is 35.3 Å². The lowest BCUT2D eigenvalue weighted by Crippen LogP contribution is -2.23. The average molecular weight is 282 g/mol. The van der Waals surface area contributed by atoms with E-state index in [2.05, 4.69) is 35.8 Å². The van der Waals surface area contributed by atoms with Crippen LogP contribution in [0.25, 0.3) is 22.2 Å². The minimum absolute atomic E-state index is 0.110. The summed E-state index contributed by atoms with van der Waals surface area (Å²) in [5.74, 6) is 0.625. The molecule has 0 saturated heterocycles. The maximum absolute atomic E-state index is 12.1. The third kappa shape index (κ3) is 2.35. The van der Waals surface area contributed by atoms with Gasteiger partial charge >= 0.3 is 0 Å². The highest BCUT2D eigenvalue weighted by atomic mass is 16.1. The van der Waals surface area contributed by atoms with Gasteiger partial charge in [0.2, 0.25) is 0 Å². The number of aryl methyl sites for hydroxylation is 1. The monoisotopic (exact) mass is 282 g/mol. The zero-order valence-electron chi connectivity index (χ0n) is 12.6. The number of benzene rings is 1. The predicted octanol–water partition coefficient (Wildman–Crippen LogP) is 2.85. The van der Waals surface area contributed by atoms with Crippen molar-refractivity contribution in [2.45, 2.75) is 33.2 Å². The number of rotatable bonds is 1. The Hall–Kier alpha value is -2.43. The standard InChI is InChI=1S/C16H18N4O/c1-10-18-13-6-5-11(9-12(13)15(21)19-10)14-7-8-17-20(14)16(2,3)4/h5-9H,1-4H3,(H,18,19,21). The lowest BCUT2D eigenvalue weighted by Gasteiger charge is -2.22. The van der Waals surface area contributed by atoms with Gasteiger partial charge in [-0.15, -0.1) is 0 Å². The quantitative estimate of drug-likeness (QED) is 0.746. The Labute approximate surface area is 122 Å². The summed E-state index contributed by atoms with van der Waals surface area (Å²) in [6.07, 6.45) is 1.78. The first-order valence-electron chi connectivity index (χ1n) is 6.92. The van der Waals surface area contributed by atoms with Crippen LogP contribution in [0, 0.1) is 6.92 Å². The van der Waals surface area contributed by atoms with Crippen LogP contribution < -0.4 is 5.56 Å². The Balaban J connectivity index is 2.23. The molecular weight excluding hydrogens is 264 g/mol. The van der Waals surface area contributed by atoms with Gasteiger partial charge in [-0.1, -0.05) is 6.07 Å². The largest absolute Gasteiger partial charge is 0.310 e. The van der Waals surface area contributed by atoms with Gasteiger partial charge in [0.1, 0.15) is 5.82 Å². The lowest BCUT2D eigenvalue weighted by atomic mass is 10.1. The number of aromatic amines is 1. The van der Waals surface area contributed by atoms with Gasteiger partial charge in [-0.2, -0.15) is 5.10 Å². The van der Waals surface area contributed by atoms with Crippen molar-refractivity contribution in [1.82, 2.24) is 19.7 Å². The molecule has 0 spiro atoms. The van der Waals surface area contributed by atoms with E-state index in [0.717, 1.165) is 11.3 Å². The number of hydrogen-bond acceptors (Lipinski definition) is 3. The number of H-pyrrole nitrogens is 1. The molecule has 3 rings (SSSR count). The molecule has 1 aromatic carbocycles. The molecule has 2 heterocycles. The molecule has 2 aromatic heterocycles. The first-order valence-corrected chi connectivity index (χ1v) is 6.92. The summed E-state index contributed by atoms with van der Waals surface area (Å²) in [4.78, 5) is 19.2. The summed E-state index contributed by atoms with van der Waals surface area (Å²) in [6, 6.07) is 7.70. The highest BCUT2D eigenvalue weighted by Gasteiger charge is 2.18. The molecule has 108 valence electrons. The normalized spacial score (nSPS) is 12.0. The first-order chi connectivity index (χ1) is 9.86. The first kappa shape index (κ1) is 13.5. The fourth-order valence-corrected chi connectivity index (χ4v) is 2.47. The molecule has 3 aromatic rings. The summed E-state index contributed by atoms with van der Waals surface area (Å²) < 4.78 is 1.96. The van der Waals surface area contributed by atoms with Crippen LogP contribution in [0.2, 0.25) is 0 Å². The van der Waals surface area contributed by atoms with Crippen molar-refractivity contribution in [1.29, 1.82) is 0 Å². The van der Waals surface area contributed by atoms with E-state index in [0.29, 0.717) is 16.7 Å². The SMILES string of the molecule is Cc1nc2ccc(-c3ccnn3C(C)(C)C)cc2c(=O)[nH]1. The molecule has 0 bridgehead atoms. The van der Waals surface area contributed by atoms with E-state index < -0.39 is 0 Å². The summed E-state index contributed by atoms with van der Waals surface area (Å²) in [6.45, 7) is 8.08. The molecule has 0 amide bonds. The third-order valence-corrected chi connectivity index (χ3v) is 3.40.